The van der Waals surface area contributed by atoms with Crippen LogP contribution in [-0.4, -0.2) is 46.1 Å². The van der Waals surface area contributed by atoms with Crippen LogP contribution < -0.4 is 0 Å². The Balaban J connectivity index is 1.49. The number of rotatable bonds is 1. The van der Waals surface area contributed by atoms with E-state index in [-0.39, 0.29) is 17.0 Å². The fourth-order valence-corrected chi connectivity index (χ4v) is 6.60. The molecule has 2 saturated carbocycles. The molecule has 0 aromatic rings. The van der Waals surface area contributed by atoms with Crippen molar-refractivity contribution in [1.82, 2.24) is 0 Å². The summed E-state index contributed by atoms with van der Waals surface area (Å²) < 4.78 is 25.2. The van der Waals surface area contributed by atoms with Crippen LogP contribution in [0.15, 0.2) is 0 Å². The van der Waals surface area contributed by atoms with E-state index in [1.54, 1.807) is 0 Å². The smallest absolute Gasteiger partial charge is 0.174 e. The molecular formula is C19H34O4Si. The molecule has 4 nitrogen and oxygen atoms in total. The molecule has 0 bridgehead atoms. The highest BCUT2D eigenvalue weighted by Gasteiger charge is 2.63. The summed E-state index contributed by atoms with van der Waals surface area (Å²) in [6, 6.07) is 0. The standard InChI is InChI=1S/C19H34O4Si/c1-17-8-9-18(22-13-16(14-23-18)24(2,3)4)12-15(17)6-5-7-19(17)20-10-11-21-19/h15-16H,5-14H2,1-4H3/t15-,16?,17+,18?/m1/s1. The number of fused-ring (bicyclic) bond motifs is 2. The lowest BCUT2D eigenvalue weighted by atomic mass is 9.56. The lowest BCUT2D eigenvalue weighted by Crippen LogP contribution is -2.61. The molecular weight excluding hydrogens is 320 g/mol. The van der Waals surface area contributed by atoms with Crippen molar-refractivity contribution in [2.75, 3.05) is 26.4 Å². The van der Waals surface area contributed by atoms with Gasteiger partial charge in [-0.1, -0.05) is 26.6 Å². The molecule has 2 saturated heterocycles. The molecule has 24 heavy (non-hydrogen) atoms. The maximum atomic E-state index is 6.42. The summed E-state index contributed by atoms with van der Waals surface area (Å²) in [5.41, 5.74) is 0.727. The van der Waals surface area contributed by atoms with Gasteiger partial charge >= 0.3 is 0 Å². The quantitative estimate of drug-likeness (QED) is 0.662. The average molecular weight is 355 g/mol. The molecule has 2 atom stereocenters. The SMILES string of the molecule is C[C@]12CCC3(C[C@H]1CCCC21OCCO1)OCC([Si](C)(C)C)CO3. The fraction of sp³-hybridized carbons (Fsp3) is 1.00. The summed E-state index contributed by atoms with van der Waals surface area (Å²) >= 11 is 0. The summed E-state index contributed by atoms with van der Waals surface area (Å²) in [7, 11) is -1.20. The van der Waals surface area contributed by atoms with Gasteiger partial charge in [0.15, 0.2) is 11.6 Å². The Labute approximate surface area is 147 Å². The van der Waals surface area contributed by atoms with Crippen LogP contribution >= 0.6 is 0 Å². The van der Waals surface area contributed by atoms with Gasteiger partial charge in [0.1, 0.15) is 0 Å². The van der Waals surface area contributed by atoms with Gasteiger partial charge in [0, 0.05) is 30.2 Å². The van der Waals surface area contributed by atoms with Gasteiger partial charge < -0.3 is 18.9 Å². The summed E-state index contributed by atoms with van der Waals surface area (Å²) in [4.78, 5) is 0. The minimum atomic E-state index is -1.20. The van der Waals surface area contributed by atoms with Crippen molar-refractivity contribution in [1.29, 1.82) is 0 Å². The lowest BCUT2D eigenvalue weighted by molar-refractivity contribution is -0.336. The molecule has 2 spiro atoms. The van der Waals surface area contributed by atoms with E-state index in [2.05, 4.69) is 26.6 Å². The summed E-state index contributed by atoms with van der Waals surface area (Å²) in [6.07, 6.45) is 6.55. The zero-order valence-electron chi connectivity index (χ0n) is 15.9. The molecule has 5 heteroatoms. The Morgan fingerprint density at radius 2 is 1.54 bits per heavy atom. The normalized spacial score (nSPS) is 45.5. The molecule has 0 radical (unpaired) electrons. The van der Waals surface area contributed by atoms with E-state index in [4.69, 9.17) is 18.9 Å². The predicted molar refractivity (Wildman–Crippen MR) is 95.7 cm³/mol. The molecule has 138 valence electrons. The molecule has 0 aromatic heterocycles. The highest BCUT2D eigenvalue weighted by Crippen LogP contribution is 2.61. The third-order valence-electron chi connectivity index (χ3n) is 7.49. The predicted octanol–water partition coefficient (Wildman–Crippen LogP) is 4.17. The van der Waals surface area contributed by atoms with Crippen molar-refractivity contribution >= 4 is 8.07 Å². The summed E-state index contributed by atoms with van der Waals surface area (Å²) in [6.45, 7) is 12.9. The Hall–Kier alpha value is 0.0569. The first-order valence-corrected chi connectivity index (χ1v) is 13.4. The van der Waals surface area contributed by atoms with Crippen molar-refractivity contribution in [3.8, 4) is 0 Å². The van der Waals surface area contributed by atoms with Gasteiger partial charge in [-0.05, 0) is 25.2 Å². The first kappa shape index (κ1) is 17.5. The monoisotopic (exact) mass is 354 g/mol. The molecule has 0 aromatic carbocycles. The molecule has 0 amide bonds. The minimum Gasteiger partial charge on any atom is -0.350 e. The zero-order chi connectivity index (χ0) is 17.1. The molecule has 2 heterocycles. The van der Waals surface area contributed by atoms with E-state index in [0.29, 0.717) is 11.5 Å². The van der Waals surface area contributed by atoms with Gasteiger partial charge in [-0.25, -0.2) is 0 Å². The molecule has 2 aliphatic carbocycles. The zero-order valence-corrected chi connectivity index (χ0v) is 16.9. The maximum absolute atomic E-state index is 6.42. The van der Waals surface area contributed by atoms with Crippen LogP contribution in [0.25, 0.3) is 0 Å². The van der Waals surface area contributed by atoms with Gasteiger partial charge in [-0.3, -0.25) is 0 Å². The molecule has 4 fully saturated rings. The van der Waals surface area contributed by atoms with Crippen LogP contribution in [0.5, 0.6) is 0 Å². The van der Waals surface area contributed by atoms with Crippen molar-refractivity contribution in [2.45, 2.75) is 82.2 Å². The number of hydrogen-bond donors (Lipinski definition) is 0. The fourth-order valence-electron chi connectivity index (χ4n) is 5.43. The second kappa shape index (κ2) is 5.78. The van der Waals surface area contributed by atoms with Crippen molar-refractivity contribution in [3.05, 3.63) is 0 Å². The summed E-state index contributed by atoms with van der Waals surface area (Å²) in [5, 5.41) is 0. The van der Waals surface area contributed by atoms with Gasteiger partial charge in [0.05, 0.1) is 34.5 Å². The van der Waals surface area contributed by atoms with Crippen molar-refractivity contribution < 1.29 is 18.9 Å². The van der Waals surface area contributed by atoms with Gasteiger partial charge in [0.25, 0.3) is 0 Å². The van der Waals surface area contributed by atoms with Crippen LogP contribution in [0.3, 0.4) is 0 Å². The molecule has 0 N–H and O–H groups in total. The molecule has 4 rings (SSSR count). The van der Waals surface area contributed by atoms with Gasteiger partial charge in [-0.2, -0.15) is 0 Å². The van der Waals surface area contributed by atoms with Crippen LogP contribution in [0.4, 0.5) is 0 Å². The molecule has 2 aliphatic heterocycles. The van der Waals surface area contributed by atoms with E-state index in [9.17, 15) is 0 Å². The third-order valence-corrected chi connectivity index (χ3v) is 10.3. The van der Waals surface area contributed by atoms with Crippen LogP contribution in [-0.2, 0) is 18.9 Å². The van der Waals surface area contributed by atoms with Crippen LogP contribution in [0.2, 0.25) is 25.2 Å². The van der Waals surface area contributed by atoms with E-state index >= 15 is 0 Å². The third kappa shape index (κ3) is 2.62. The Kier molecular flexibility index (Phi) is 4.21. The molecule has 0 unspecified atom stereocenters. The highest BCUT2D eigenvalue weighted by molar-refractivity contribution is 6.77. The van der Waals surface area contributed by atoms with E-state index in [1.807, 2.05) is 0 Å². The Morgan fingerprint density at radius 3 is 2.17 bits per heavy atom. The topological polar surface area (TPSA) is 36.9 Å². The first-order valence-electron chi connectivity index (χ1n) is 9.85. The second-order valence-corrected chi connectivity index (χ2v) is 15.3. The van der Waals surface area contributed by atoms with Gasteiger partial charge in [0.2, 0.25) is 0 Å². The van der Waals surface area contributed by atoms with Crippen molar-refractivity contribution in [2.24, 2.45) is 11.3 Å². The molecule has 4 aliphatic rings. The Bertz CT molecular complexity index is 474. The first-order chi connectivity index (χ1) is 11.3. The van der Waals surface area contributed by atoms with Crippen molar-refractivity contribution in [3.63, 3.8) is 0 Å². The number of ether oxygens (including phenoxy) is 4. The van der Waals surface area contributed by atoms with Crippen LogP contribution in [0.1, 0.15) is 45.4 Å². The highest BCUT2D eigenvalue weighted by atomic mass is 28.3. The largest absolute Gasteiger partial charge is 0.350 e. The lowest BCUT2D eigenvalue weighted by Gasteiger charge is -2.59. The Morgan fingerprint density at radius 1 is 0.875 bits per heavy atom. The minimum absolute atomic E-state index is 0.106. The second-order valence-electron chi connectivity index (χ2n) is 9.76. The maximum Gasteiger partial charge on any atom is 0.174 e. The van der Waals surface area contributed by atoms with E-state index in [1.165, 1.54) is 12.8 Å². The summed E-state index contributed by atoms with van der Waals surface area (Å²) in [5.74, 6) is -0.105. The van der Waals surface area contributed by atoms with Crippen LogP contribution in [0, 0.1) is 11.3 Å². The van der Waals surface area contributed by atoms with E-state index in [0.717, 1.165) is 52.1 Å². The van der Waals surface area contributed by atoms with Gasteiger partial charge in [-0.15, -0.1) is 0 Å². The van der Waals surface area contributed by atoms with E-state index < -0.39 is 8.07 Å². The number of hydrogen-bond acceptors (Lipinski definition) is 4. The average Bonchev–Trinajstić information content (AvgIpc) is 3.00.